The summed E-state index contributed by atoms with van der Waals surface area (Å²) in [5.41, 5.74) is 5.01. The number of halogens is 2. The molecule has 40 heavy (non-hydrogen) atoms. The number of thioether (sulfide) groups is 1. The van der Waals surface area contributed by atoms with Crippen LogP contribution in [0.5, 0.6) is 0 Å². The number of fused-ring (bicyclic) bond motifs is 1. The van der Waals surface area contributed by atoms with E-state index in [0.29, 0.717) is 53.2 Å². The van der Waals surface area contributed by atoms with Gasteiger partial charge in [0, 0.05) is 55.5 Å². The number of rotatable bonds is 6. The third kappa shape index (κ3) is 7.46. The fraction of sp³-hybridized carbons (Fsp3) is 0.300. The van der Waals surface area contributed by atoms with Gasteiger partial charge in [-0.25, -0.2) is 14.4 Å². The van der Waals surface area contributed by atoms with E-state index in [2.05, 4.69) is 18.1 Å². The number of benzene rings is 1. The van der Waals surface area contributed by atoms with E-state index in [1.807, 2.05) is 57.4 Å². The van der Waals surface area contributed by atoms with Gasteiger partial charge in [0.2, 0.25) is 0 Å². The summed E-state index contributed by atoms with van der Waals surface area (Å²) < 4.78 is 13.3. The van der Waals surface area contributed by atoms with Crippen LogP contribution in [0.3, 0.4) is 0 Å². The zero-order valence-electron chi connectivity index (χ0n) is 23.5. The van der Waals surface area contributed by atoms with E-state index < -0.39 is 11.7 Å². The summed E-state index contributed by atoms with van der Waals surface area (Å²) in [6, 6.07) is 9.68. The first-order chi connectivity index (χ1) is 19.3. The van der Waals surface area contributed by atoms with Crippen molar-refractivity contribution < 1.29 is 9.18 Å². The second-order valence-electron chi connectivity index (χ2n) is 8.14. The Labute approximate surface area is 245 Å². The number of nitriles is 1. The van der Waals surface area contributed by atoms with Crippen LogP contribution in [-0.4, -0.2) is 58.2 Å². The maximum atomic E-state index is 13.3. The van der Waals surface area contributed by atoms with Gasteiger partial charge in [-0.2, -0.15) is 5.26 Å². The molecule has 0 saturated carbocycles. The number of piperazine rings is 1. The van der Waals surface area contributed by atoms with Crippen molar-refractivity contribution in [1.82, 2.24) is 19.9 Å². The fourth-order valence-electron chi connectivity index (χ4n) is 4.13. The number of pyridine rings is 1. The smallest absolute Gasteiger partial charge is 0.282 e. The van der Waals surface area contributed by atoms with Gasteiger partial charge >= 0.3 is 0 Å². The maximum absolute atomic E-state index is 13.3. The highest BCUT2D eigenvalue weighted by Crippen LogP contribution is 2.36. The molecule has 0 spiro atoms. The Bertz CT molecular complexity index is 1440. The molecule has 1 amide bonds. The number of amides is 1. The van der Waals surface area contributed by atoms with E-state index in [4.69, 9.17) is 31.8 Å². The average molecular weight is 581 g/mol. The predicted molar refractivity (Wildman–Crippen MR) is 166 cm³/mol. The molecule has 3 heterocycles. The van der Waals surface area contributed by atoms with Gasteiger partial charge in [-0.15, -0.1) is 0 Å². The molecule has 1 fully saturated rings. The van der Waals surface area contributed by atoms with Crippen LogP contribution in [0.25, 0.3) is 33.3 Å². The average Bonchev–Trinajstić information content (AvgIpc) is 3.00. The van der Waals surface area contributed by atoms with Crippen LogP contribution in [0.1, 0.15) is 38.8 Å². The van der Waals surface area contributed by atoms with Crippen molar-refractivity contribution in [2.45, 2.75) is 32.9 Å². The van der Waals surface area contributed by atoms with E-state index in [9.17, 15) is 9.18 Å². The minimum absolute atomic E-state index is 0.375. The van der Waals surface area contributed by atoms with Crippen molar-refractivity contribution in [2.75, 3.05) is 37.3 Å². The number of hydrogen-bond acceptors (Lipinski definition) is 7. The lowest BCUT2D eigenvalue weighted by Gasteiger charge is -2.35. The molecule has 3 aromatic rings. The normalized spacial score (nSPS) is 12.9. The molecule has 7 nitrogen and oxygen atoms in total. The molecule has 4 rings (SSSR count). The summed E-state index contributed by atoms with van der Waals surface area (Å²) in [5.74, 6) is -0.909. The fourth-order valence-corrected chi connectivity index (χ4v) is 4.70. The van der Waals surface area contributed by atoms with Gasteiger partial charge in [-0.05, 0) is 30.4 Å². The largest absolute Gasteiger partial charge is 0.351 e. The maximum Gasteiger partial charge on any atom is 0.282 e. The second-order valence-corrected chi connectivity index (χ2v) is 9.32. The van der Waals surface area contributed by atoms with Gasteiger partial charge < -0.3 is 9.80 Å². The molecule has 0 bridgehead atoms. The number of allylic oxidation sites excluding steroid dienone is 1. The van der Waals surface area contributed by atoms with Crippen LogP contribution in [0.15, 0.2) is 60.7 Å². The zero-order chi connectivity index (χ0) is 29.8. The first-order valence-corrected chi connectivity index (χ1v) is 14.4. The molecule has 0 radical (unpaired) electrons. The highest BCUT2D eigenvalue weighted by Gasteiger charge is 2.26. The van der Waals surface area contributed by atoms with Gasteiger partial charge in [-0.3, -0.25) is 9.78 Å². The summed E-state index contributed by atoms with van der Waals surface area (Å²) in [6.45, 7) is 16.1. The van der Waals surface area contributed by atoms with E-state index in [0.717, 1.165) is 22.3 Å². The Morgan fingerprint density at radius 3 is 2.42 bits per heavy atom. The van der Waals surface area contributed by atoms with E-state index in [-0.39, 0.29) is 0 Å². The molecule has 210 valence electrons. The van der Waals surface area contributed by atoms with Crippen molar-refractivity contribution in [3.63, 3.8) is 0 Å². The standard InChI is InChI=1S/C26H25ClFN5OS.C2H3N.C2H6/c1-5-17-8-7-9-19(22(17)20(27)6-2)18-14-21-23(29-15-18)24(31-26(30-21)35-4)32-10-12-33(13-11-32)25(34)16(3)28;1-2-3;1-2/h5-9,14-15H,1,3,10-13H2,2,4H3;1H3;1-2H3/b20-6+;;. The third-order valence-corrected chi connectivity index (χ3v) is 6.85. The Hall–Kier alpha value is -3.74. The molecule has 1 saturated heterocycles. The van der Waals surface area contributed by atoms with E-state index >= 15 is 0 Å². The Morgan fingerprint density at radius 1 is 1.23 bits per heavy atom. The third-order valence-electron chi connectivity index (χ3n) is 5.90. The first kappa shape index (κ1) is 32.5. The molecule has 1 aliphatic heterocycles. The van der Waals surface area contributed by atoms with Gasteiger partial charge in [0.25, 0.3) is 5.91 Å². The number of carbonyl (C=O) groups is 1. The molecule has 1 aromatic carbocycles. The topological polar surface area (TPSA) is 86.0 Å². The molecule has 0 unspecified atom stereocenters. The molecular formula is C30H34ClFN6OS. The quantitative estimate of drug-likeness (QED) is 0.171. The number of anilines is 1. The molecule has 0 aliphatic carbocycles. The summed E-state index contributed by atoms with van der Waals surface area (Å²) in [5, 5.41) is 8.57. The molecule has 10 heteroatoms. The predicted octanol–water partition coefficient (Wildman–Crippen LogP) is 7.34. The summed E-state index contributed by atoms with van der Waals surface area (Å²) in [6.07, 6.45) is 7.36. The summed E-state index contributed by atoms with van der Waals surface area (Å²) in [4.78, 5) is 29.6. The zero-order valence-corrected chi connectivity index (χ0v) is 25.1. The molecule has 2 aromatic heterocycles. The number of carbonyl (C=O) groups excluding carboxylic acids is 1. The lowest BCUT2D eigenvalue weighted by molar-refractivity contribution is -0.128. The van der Waals surface area contributed by atoms with Crippen LogP contribution in [-0.2, 0) is 4.79 Å². The van der Waals surface area contributed by atoms with Gasteiger partial charge in [-0.1, -0.05) is 80.7 Å². The monoisotopic (exact) mass is 580 g/mol. The minimum Gasteiger partial charge on any atom is -0.351 e. The van der Waals surface area contributed by atoms with Gasteiger partial charge in [0.15, 0.2) is 16.8 Å². The van der Waals surface area contributed by atoms with Gasteiger partial charge in [0.05, 0.1) is 11.6 Å². The summed E-state index contributed by atoms with van der Waals surface area (Å²) >= 11 is 8.02. The minimum atomic E-state index is -0.942. The van der Waals surface area contributed by atoms with Crippen LogP contribution < -0.4 is 4.90 Å². The van der Waals surface area contributed by atoms with Crippen molar-refractivity contribution in [2.24, 2.45) is 0 Å². The number of hydrogen-bond donors (Lipinski definition) is 0. The van der Waals surface area contributed by atoms with Crippen molar-refractivity contribution >= 4 is 57.2 Å². The van der Waals surface area contributed by atoms with Crippen molar-refractivity contribution in [1.29, 1.82) is 5.26 Å². The van der Waals surface area contributed by atoms with Crippen molar-refractivity contribution in [3.8, 4) is 17.2 Å². The van der Waals surface area contributed by atoms with Crippen LogP contribution in [0.2, 0.25) is 0 Å². The molecule has 0 N–H and O–H groups in total. The molecule has 0 atom stereocenters. The molecular weight excluding hydrogens is 547 g/mol. The van der Waals surface area contributed by atoms with Crippen molar-refractivity contribution in [3.05, 3.63) is 66.6 Å². The van der Waals surface area contributed by atoms with Gasteiger partial charge in [0.1, 0.15) is 5.52 Å². The first-order valence-electron chi connectivity index (χ1n) is 12.8. The van der Waals surface area contributed by atoms with Crippen LogP contribution >= 0.6 is 23.4 Å². The number of nitrogens with zero attached hydrogens (tertiary/aromatic N) is 6. The SMILES string of the molecule is C=Cc1cccc(-c2cnc3c(N4CCN(C(=O)C(=C)F)CC4)nc(SC)nc3c2)c1/C(Cl)=C\C.CC.CC#N. The summed E-state index contributed by atoms with van der Waals surface area (Å²) in [7, 11) is 0. The Balaban J connectivity index is 0.00000105. The van der Waals surface area contributed by atoms with Crippen LogP contribution in [0.4, 0.5) is 10.2 Å². The van der Waals surface area contributed by atoms with Crippen LogP contribution in [0, 0.1) is 11.3 Å². The van der Waals surface area contributed by atoms with E-state index in [1.54, 1.807) is 18.3 Å². The lowest BCUT2D eigenvalue weighted by Crippen LogP contribution is -2.49. The highest BCUT2D eigenvalue weighted by atomic mass is 35.5. The van der Waals surface area contributed by atoms with E-state index in [1.165, 1.54) is 23.6 Å². The Morgan fingerprint density at radius 2 is 1.88 bits per heavy atom. The number of aromatic nitrogens is 3. The molecule has 1 aliphatic rings. The lowest BCUT2D eigenvalue weighted by atomic mass is 9.95. The second kappa shape index (κ2) is 15.8. The Kier molecular flexibility index (Phi) is 12.8. The highest BCUT2D eigenvalue weighted by molar-refractivity contribution is 7.98.